The summed E-state index contributed by atoms with van der Waals surface area (Å²) in [5.74, 6) is -0.226. The molecule has 0 saturated carbocycles. The van der Waals surface area contributed by atoms with Crippen molar-refractivity contribution in [3.8, 4) is 5.88 Å². The summed E-state index contributed by atoms with van der Waals surface area (Å²) in [6, 6.07) is 26.2. The van der Waals surface area contributed by atoms with Crippen LogP contribution in [0, 0.1) is 0 Å². The molecule has 7 nitrogen and oxygen atoms in total. The van der Waals surface area contributed by atoms with Crippen LogP contribution in [0.1, 0.15) is 117 Å². The third-order valence-electron chi connectivity index (χ3n) is 13.7. The maximum atomic E-state index is 14.9. The Morgan fingerprint density at radius 3 is 2.02 bits per heavy atom. The Morgan fingerprint density at radius 1 is 0.721 bits per heavy atom. The lowest BCUT2D eigenvalue weighted by atomic mass is 9.78. The maximum absolute atomic E-state index is 14.9. The average Bonchev–Trinajstić information content (AvgIpc) is 3.63. The molecule has 5 aromatic rings. The number of aromatic hydroxyl groups is 1. The van der Waals surface area contributed by atoms with E-state index in [2.05, 4.69) is 162 Å². The Bertz CT molecular complexity index is 2840. The van der Waals surface area contributed by atoms with Crippen LogP contribution in [0.2, 0.25) is 0 Å². The summed E-state index contributed by atoms with van der Waals surface area (Å²) in [6.45, 7) is 20.1. The van der Waals surface area contributed by atoms with E-state index in [1.165, 1.54) is 64.6 Å². The van der Waals surface area contributed by atoms with Crippen molar-refractivity contribution in [3.05, 3.63) is 151 Å². The first-order chi connectivity index (χ1) is 29.4. The molecule has 0 radical (unpaired) electrons. The quantitative estimate of drug-likeness (QED) is 0.127. The average molecular weight is 816 g/mol. The summed E-state index contributed by atoms with van der Waals surface area (Å²) < 4.78 is 5.25. The fraction of sp³-hybridized carbons (Fsp3) is 0.389. The number of likely N-dealkylation sites (N-methyl/N-ethyl adjacent to an activating group) is 1. The molecule has 61 heavy (non-hydrogen) atoms. The number of unbranched alkanes of at least 4 members (excludes halogenated alkanes) is 2. The Balaban J connectivity index is 1.35. The second-order valence-corrected chi connectivity index (χ2v) is 18.1. The Hall–Kier alpha value is -5.69. The lowest BCUT2D eigenvalue weighted by molar-refractivity contribution is -0.433. The highest BCUT2D eigenvalue weighted by molar-refractivity contribution is 6.08. The molecule has 1 N–H and O–H groups in total. The zero-order valence-electron chi connectivity index (χ0n) is 37.6. The zero-order chi connectivity index (χ0) is 43.2. The SMILES string of the molecule is CCCCn1c(O)c(C2=C(/C=C/C3=[N+](CC)c4ccc5ccccc5c4C3(C)C)CCC/C2=C\C=C2\N(CC)c3ccc4ccccc4c3C2(C)C)c(=O)n(CCCC)c1=O. The third kappa shape index (κ3) is 6.94. The molecule has 3 heterocycles. The number of hydrogen-bond donors (Lipinski definition) is 1. The molecule has 2 aliphatic heterocycles. The predicted molar refractivity (Wildman–Crippen MR) is 255 cm³/mol. The minimum absolute atomic E-state index is 0.226. The molecule has 1 aromatic heterocycles. The lowest BCUT2D eigenvalue weighted by Crippen LogP contribution is -2.41. The molecule has 0 fully saturated rings. The smallest absolute Gasteiger partial charge is 0.333 e. The van der Waals surface area contributed by atoms with Crippen LogP contribution in [0.4, 0.5) is 11.4 Å². The van der Waals surface area contributed by atoms with Crippen molar-refractivity contribution in [1.29, 1.82) is 0 Å². The highest BCUT2D eigenvalue weighted by Crippen LogP contribution is 2.51. The van der Waals surface area contributed by atoms with Gasteiger partial charge >= 0.3 is 5.69 Å². The van der Waals surface area contributed by atoms with Crippen molar-refractivity contribution in [1.82, 2.24) is 9.13 Å². The predicted octanol–water partition coefficient (Wildman–Crippen LogP) is 11.8. The van der Waals surface area contributed by atoms with Gasteiger partial charge in [0.15, 0.2) is 5.71 Å². The minimum Gasteiger partial charge on any atom is -0.494 e. The van der Waals surface area contributed by atoms with E-state index in [4.69, 9.17) is 0 Å². The molecule has 0 amide bonds. The van der Waals surface area contributed by atoms with Crippen LogP contribution in [0.5, 0.6) is 5.88 Å². The van der Waals surface area contributed by atoms with E-state index in [0.717, 1.165) is 61.9 Å². The third-order valence-corrected chi connectivity index (χ3v) is 13.7. The summed E-state index contributed by atoms with van der Waals surface area (Å²) in [5, 5.41) is 17.3. The summed E-state index contributed by atoms with van der Waals surface area (Å²) in [5.41, 5.74) is 9.05. The molecule has 3 aliphatic rings. The van der Waals surface area contributed by atoms with E-state index in [-0.39, 0.29) is 22.3 Å². The van der Waals surface area contributed by atoms with E-state index in [9.17, 15) is 14.7 Å². The molecule has 0 saturated heterocycles. The monoisotopic (exact) mass is 815 g/mol. The molecular formula is C54H63N4O3+. The van der Waals surface area contributed by atoms with E-state index in [0.29, 0.717) is 25.9 Å². The number of fused-ring (bicyclic) bond motifs is 6. The minimum atomic E-state index is -0.433. The van der Waals surface area contributed by atoms with Crippen molar-refractivity contribution in [2.24, 2.45) is 0 Å². The van der Waals surface area contributed by atoms with Gasteiger partial charge in [0.05, 0.1) is 5.41 Å². The van der Waals surface area contributed by atoms with Crippen LogP contribution >= 0.6 is 0 Å². The maximum Gasteiger partial charge on any atom is 0.333 e. The Kier molecular flexibility index (Phi) is 11.5. The van der Waals surface area contributed by atoms with Crippen LogP contribution in [0.25, 0.3) is 27.1 Å². The summed E-state index contributed by atoms with van der Waals surface area (Å²) in [6.07, 6.45) is 14.4. The topological polar surface area (TPSA) is 70.5 Å². The van der Waals surface area contributed by atoms with E-state index >= 15 is 0 Å². The van der Waals surface area contributed by atoms with E-state index < -0.39 is 11.2 Å². The Morgan fingerprint density at radius 2 is 1.36 bits per heavy atom. The highest BCUT2D eigenvalue weighted by atomic mass is 16.3. The first kappa shape index (κ1) is 42.0. The van der Waals surface area contributed by atoms with Gasteiger partial charge in [0, 0.05) is 54.1 Å². The molecular weight excluding hydrogens is 753 g/mol. The first-order valence-corrected chi connectivity index (χ1v) is 22.8. The fourth-order valence-electron chi connectivity index (χ4n) is 10.6. The zero-order valence-corrected chi connectivity index (χ0v) is 37.6. The van der Waals surface area contributed by atoms with Crippen molar-refractivity contribution in [2.75, 3.05) is 18.0 Å². The number of rotatable bonds is 12. The van der Waals surface area contributed by atoms with Gasteiger partial charge in [-0.1, -0.05) is 107 Å². The summed E-state index contributed by atoms with van der Waals surface area (Å²) in [4.78, 5) is 31.3. The van der Waals surface area contributed by atoms with Gasteiger partial charge in [-0.3, -0.25) is 13.9 Å². The molecule has 4 aromatic carbocycles. The normalized spacial score (nSPS) is 18.5. The van der Waals surface area contributed by atoms with Gasteiger partial charge in [-0.2, -0.15) is 4.58 Å². The van der Waals surface area contributed by atoms with Gasteiger partial charge in [-0.25, -0.2) is 4.79 Å². The van der Waals surface area contributed by atoms with Gasteiger partial charge < -0.3 is 10.0 Å². The molecule has 0 atom stereocenters. The van der Waals surface area contributed by atoms with Crippen molar-refractivity contribution < 1.29 is 9.68 Å². The van der Waals surface area contributed by atoms with Gasteiger partial charge in [0.2, 0.25) is 11.6 Å². The van der Waals surface area contributed by atoms with Gasteiger partial charge in [0.1, 0.15) is 12.1 Å². The second-order valence-electron chi connectivity index (χ2n) is 18.1. The summed E-state index contributed by atoms with van der Waals surface area (Å²) in [7, 11) is 0. The molecule has 8 rings (SSSR count). The number of nitrogens with zero attached hydrogens (tertiary/aromatic N) is 4. The number of benzene rings is 4. The van der Waals surface area contributed by atoms with Crippen LogP contribution in [-0.2, 0) is 23.9 Å². The second kappa shape index (κ2) is 16.6. The summed E-state index contributed by atoms with van der Waals surface area (Å²) >= 11 is 0. The number of hydrogen-bond acceptors (Lipinski definition) is 4. The molecule has 0 unspecified atom stereocenters. The molecule has 7 heteroatoms. The van der Waals surface area contributed by atoms with Gasteiger partial charge in [-0.15, -0.1) is 0 Å². The van der Waals surface area contributed by atoms with E-state index in [1.54, 1.807) is 0 Å². The van der Waals surface area contributed by atoms with Crippen molar-refractivity contribution in [2.45, 2.75) is 124 Å². The van der Waals surface area contributed by atoms with Crippen LogP contribution in [0.15, 0.2) is 124 Å². The van der Waals surface area contributed by atoms with E-state index in [1.807, 2.05) is 0 Å². The Labute approximate surface area is 361 Å². The van der Waals surface area contributed by atoms with Crippen LogP contribution in [0.3, 0.4) is 0 Å². The molecule has 316 valence electrons. The fourth-order valence-corrected chi connectivity index (χ4v) is 10.6. The van der Waals surface area contributed by atoms with Crippen molar-refractivity contribution in [3.63, 3.8) is 0 Å². The molecule has 1 aliphatic carbocycles. The largest absolute Gasteiger partial charge is 0.494 e. The van der Waals surface area contributed by atoms with Gasteiger partial charge in [-0.05, 0) is 122 Å². The van der Waals surface area contributed by atoms with Crippen LogP contribution in [-0.4, -0.2) is 37.6 Å². The molecule has 0 spiro atoms. The number of aromatic nitrogens is 2. The van der Waals surface area contributed by atoms with Gasteiger partial charge in [0.25, 0.3) is 5.56 Å². The van der Waals surface area contributed by atoms with Crippen molar-refractivity contribution >= 4 is 44.2 Å². The number of allylic oxidation sites excluding steroid dienone is 8. The van der Waals surface area contributed by atoms with Crippen LogP contribution < -0.4 is 16.1 Å². The lowest BCUT2D eigenvalue weighted by Gasteiger charge is -2.27. The number of anilines is 1. The molecule has 0 bridgehead atoms. The highest BCUT2D eigenvalue weighted by Gasteiger charge is 2.45. The first-order valence-electron chi connectivity index (χ1n) is 22.8. The standard InChI is InChI=1S/C54H62N4O3/c1-9-13-34-57-50(59)47(51(60)58(52(57)61)35-14-10-2)46-38(28-32-44-53(5,6)48-40-24-17-15-20-36(40)26-30-42(48)55(44)11-3)22-19-23-39(46)29-33-45-54(7,8)49-41-25-18-16-21-37(41)27-31-43(49)56(45)12-4/h15-18,20-21,24-33H,9-14,19,22-23,34-35H2,1-8H3/p+1/b38-28+,44-32+.